The van der Waals surface area contributed by atoms with Gasteiger partial charge in [-0.2, -0.15) is 16.8 Å². The number of aliphatic imine (C=N–C) groups is 2. The van der Waals surface area contributed by atoms with Crippen molar-refractivity contribution in [1.82, 2.24) is 27.4 Å². The Balaban J connectivity index is 0.000000182. The van der Waals surface area contributed by atoms with Crippen molar-refractivity contribution in [2.45, 2.75) is 6.10 Å². The van der Waals surface area contributed by atoms with E-state index >= 15 is 0 Å². The first-order valence-electron chi connectivity index (χ1n) is 25.6. The molecule has 0 spiro atoms. The van der Waals surface area contributed by atoms with Crippen LogP contribution in [-0.4, -0.2) is 144 Å². The Morgan fingerprint density at radius 3 is 1.33 bits per heavy atom. The third kappa shape index (κ3) is 17.0. The van der Waals surface area contributed by atoms with Gasteiger partial charge in [0, 0.05) is 120 Å². The van der Waals surface area contributed by atoms with Gasteiger partial charge in [0.25, 0.3) is 0 Å². The number of rotatable bonds is 16. The van der Waals surface area contributed by atoms with E-state index in [-0.39, 0.29) is 5.69 Å². The molecule has 10 rings (SSSR count). The van der Waals surface area contributed by atoms with Gasteiger partial charge >= 0.3 is 20.4 Å². The molecule has 0 amide bonds. The summed E-state index contributed by atoms with van der Waals surface area (Å²) >= 11 is 1.93. The van der Waals surface area contributed by atoms with Crippen LogP contribution in [0.25, 0.3) is 21.5 Å². The highest BCUT2D eigenvalue weighted by Gasteiger charge is 2.25. The fourth-order valence-electron chi connectivity index (χ4n) is 8.43. The molecule has 396 valence electrons. The molecule has 12 radical (unpaired) electrons. The Morgan fingerprint density at radius 1 is 0.542 bits per heavy atom. The molecule has 2 heterocycles. The van der Waals surface area contributed by atoms with E-state index in [9.17, 15) is 26.7 Å². The number of aromatic nitrogens is 4. The van der Waals surface area contributed by atoms with Crippen LogP contribution < -0.4 is 9.44 Å². The van der Waals surface area contributed by atoms with Crippen molar-refractivity contribution < 1.29 is 26.7 Å². The highest BCUT2D eigenvalue weighted by molar-refractivity contribution is 14.1. The van der Waals surface area contributed by atoms with Gasteiger partial charge in [0.1, 0.15) is 22.5 Å². The van der Waals surface area contributed by atoms with Crippen LogP contribution in [0.4, 0.5) is 11.4 Å². The molecule has 27 heteroatoms. The number of fused-ring (bicyclic) bond motifs is 2. The minimum atomic E-state index is -3.73. The molecule has 2 aromatic heterocycles. The molecule has 14 nitrogen and oxygen atoms in total. The zero-order chi connectivity index (χ0) is 59.7. The van der Waals surface area contributed by atoms with Crippen molar-refractivity contribution in [2.75, 3.05) is 14.1 Å². The monoisotopic (exact) mass is 1230 g/mol. The number of nitrogens with one attached hydrogen (secondary N) is 2. The largest absolute Gasteiger partial charge is 0.382 e. The van der Waals surface area contributed by atoms with E-state index in [0.717, 1.165) is 87.2 Å². The lowest BCUT2D eigenvalue weighted by atomic mass is 8.58. The lowest BCUT2D eigenvalue weighted by molar-refractivity contribution is 0.112. The normalized spacial score (nSPS) is 11.2. The third-order valence-electron chi connectivity index (χ3n) is 12.7. The molecule has 0 aliphatic rings. The van der Waals surface area contributed by atoms with Crippen LogP contribution in [0.5, 0.6) is 0 Å². The summed E-state index contributed by atoms with van der Waals surface area (Å²) in [7, 11) is 27.3. The molecule has 1 atom stereocenters. The van der Waals surface area contributed by atoms with E-state index in [1.807, 2.05) is 186 Å². The van der Waals surface area contributed by atoms with Crippen LogP contribution in [0.2, 0.25) is 0 Å². The first-order chi connectivity index (χ1) is 39.8. The fraction of sp³-hybridized carbons (Fsp3) is 0.0536. The summed E-state index contributed by atoms with van der Waals surface area (Å²) in [5, 5.41) is 14.8. The predicted octanol–water partition coefficient (Wildman–Crippen LogP) is 6.41. The summed E-state index contributed by atoms with van der Waals surface area (Å²) in [6.45, 7) is 0. The van der Waals surface area contributed by atoms with Crippen LogP contribution in [0.15, 0.2) is 229 Å². The van der Waals surface area contributed by atoms with Gasteiger partial charge in [0.15, 0.2) is 6.29 Å². The standard InChI is InChI=1S/C28H24N4O3S.C24H17NO.C4H6IN3O2S.B10/c1-29-36(34,35)32-18-26(30-19-32)28(33)24-14-8-13-20-15-16-23(17-25(20)24)31-27(21-9-4-2-5-10-21)22-11-6-3-7-12-22;26-17-21-13-7-12-18-14-15-22(16-23(18)21)25-24(19-8-3-1-4-9-19)20-10-5-2-6-11-20;1-6-11(9,10)8-2-4(5)7-3-8;1-7(2)10(8(3)4)9(5)6/h2-19,28-29,33H,1H3;1-17H;2-3,6H,1H3;. The Bertz CT molecular complexity index is 3960. The van der Waals surface area contributed by atoms with Gasteiger partial charge in [-0.3, -0.25) is 4.79 Å². The molecule has 3 N–H and O–H groups in total. The van der Waals surface area contributed by atoms with Crippen molar-refractivity contribution in [2.24, 2.45) is 9.98 Å². The van der Waals surface area contributed by atoms with Crippen molar-refractivity contribution in [1.29, 1.82) is 0 Å². The average Bonchev–Trinajstić information content (AvgIpc) is 4.34. The van der Waals surface area contributed by atoms with Gasteiger partial charge in [-0.1, -0.05) is 170 Å². The SMILES string of the molecule is CNS(=O)(=O)n1cnc(C(O)c2cccc3ccc(N=C(c4ccccc4)c4ccccc4)cc23)c1.CNS(=O)(=O)n1cnc(I)c1.O=Cc1cccc2ccc(N=C(c3ccccc3)c3ccccc3)cc12.[B]B([B])B(B([B])[B])B([B])[B]. The summed E-state index contributed by atoms with van der Waals surface area (Å²) in [5.41, 5.74) is 8.93. The Morgan fingerprint density at radius 2 is 0.940 bits per heavy atom. The summed E-state index contributed by atoms with van der Waals surface area (Å²) in [5.74, 6) is 0. The first-order valence-corrected chi connectivity index (χ1v) is 29.5. The Labute approximate surface area is 508 Å². The number of hydrogen-bond donors (Lipinski definition) is 3. The Kier molecular flexibility index (Phi) is 22.9. The van der Waals surface area contributed by atoms with E-state index < -0.39 is 52.1 Å². The highest BCUT2D eigenvalue weighted by atomic mass is 127. The topological polar surface area (TPSA) is 190 Å². The molecule has 0 bridgehead atoms. The van der Waals surface area contributed by atoms with Gasteiger partial charge in [-0.15, -0.1) is 0 Å². The summed E-state index contributed by atoms with van der Waals surface area (Å²) in [6, 6.07) is 63.4. The van der Waals surface area contributed by atoms with Crippen LogP contribution in [0.1, 0.15) is 50.0 Å². The number of halogens is 1. The van der Waals surface area contributed by atoms with Gasteiger partial charge in [0.05, 0.1) is 34.7 Å². The summed E-state index contributed by atoms with van der Waals surface area (Å²) < 4.78 is 53.2. The predicted molar refractivity (Wildman–Crippen MR) is 355 cm³/mol. The molecule has 0 saturated carbocycles. The van der Waals surface area contributed by atoms with Gasteiger partial charge in [0.2, 0.25) is 0 Å². The number of aliphatic hydroxyl groups excluding tert-OH is 1. The zero-order valence-electron chi connectivity index (χ0n) is 45.1. The molecular formula is C56H47B10IN8O6S2. The lowest BCUT2D eigenvalue weighted by Gasteiger charge is -2.23. The van der Waals surface area contributed by atoms with Crippen molar-refractivity contribution in [3.8, 4) is 0 Å². The fourth-order valence-corrected chi connectivity index (χ4v) is 10.3. The average molecular weight is 1230 g/mol. The van der Waals surface area contributed by atoms with Gasteiger partial charge < -0.3 is 5.11 Å². The summed E-state index contributed by atoms with van der Waals surface area (Å²) in [4.78, 5) is 29.2. The molecule has 0 aliphatic heterocycles. The number of carbonyl (C=O) groups is 1. The maximum absolute atomic E-state index is 12.1. The highest BCUT2D eigenvalue weighted by Crippen LogP contribution is 2.32. The first kappa shape index (κ1) is 63.5. The number of nitrogens with zero attached hydrogens (tertiary/aromatic N) is 6. The quantitative estimate of drug-likeness (QED) is 0.0428. The van der Waals surface area contributed by atoms with Gasteiger partial charge in [-0.25, -0.2) is 37.3 Å². The summed E-state index contributed by atoms with van der Waals surface area (Å²) in [6.07, 6.45) is 2.46. The number of aliphatic hydroxyl groups is 1. The van der Waals surface area contributed by atoms with E-state index in [1.54, 1.807) is 6.07 Å². The molecule has 8 aromatic carbocycles. The van der Waals surface area contributed by atoms with Crippen LogP contribution in [-0.2, 0) is 20.4 Å². The number of carbonyl (C=O) groups excluding carboxylic acids is 1. The van der Waals surface area contributed by atoms with Crippen molar-refractivity contribution >= 4 is 166 Å². The van der Waals surface area contributed by atoms with Crippen LogP contribution in [0, 0.1) is 3.70 Å². The van der Waals surface area contributed by atoms with Crippen LogP contribution in [0.3, 0.4) is 0 Å². The number of aldehydes is 1. The second-order valence-corrected chi connectivity index (χ2v) is 23.0. The van der Waals surface area contributed by atoms with E-state index in [4.69, 9.17) is 56.4 Å². The molecule has 0 saturated heterocycles. The van der Waals surface area contributed by atoms with Gasteiger partial charge in [-0.05, 0) is 74.0 Å². The molecule has 83 heavy (non-hydrogen) atoms. The third-order valence-corrected chi connectivity index (χ3v) is 15.8. The second kappa shape index (κ2) is 29.9. The molecule has 0 fully saturated rings. The second-order valence-electron chi connectivity index (χ2n) is 18.3. The van der Waals surface area contributed by atoms with Crippen molar-refractivity contribution in [3.05, 3.63) is 262 Å². The molecule has 0 aliphatic carbocycles. The lowest BCUT2D eigenvalue weighted by Crippen LogP contribution is -2.62. The minimum absolute atomic E-state index is 0.226. The zero-order valence-corrected chi connectivity index (χ0v) is 48.9. The maximum Gasteiger partial charge on any atom is 0.305 e. The number of hydrogen-bond acceptors (Lipinski definition) is 10. The van der Waals surface area contributed by atoms with E-state index in [0.29, 0.717) is 14.8 Å². The van der Waals surface area contributed by atoms with Crippen molar-refractivity contribution in [3.63, 3.8) is 0 Å². The molecule has 10 aromatic rings. The maximum atomic E-state index is 12.1. The number of benzene rings is 8. The number of imidazole rings is 2. The van der Waals surface area contributed by atoms with E-state index in [1.165, 1.54) is 32.8 Å². The molecular weight excluding hydrogens is 1180 g/mol. The van der Waals surface area contributed by atoms with Crippen LogP contribution >= 0.6 is 22.6 Å². The minimum Gasteiger partial charge on any atom is -0.382 e. The Hall–Kier alpha value is -7.13. The molecule has 1 unspecified atom stereocenters. The smallest absolute Gasteiger partial charge is 0.305 e. The van der Waals surface area contributed by atoms with E-state index in [2.05, 4.69) is 43.7 Å².